The molecule has 0 aliphatic rings. The number of imidazole rings is 1. The fraction of sp³-hybridized carbons (Fsp3) is 0.174. The van der Waals surface area contributed by atoms with E-state index in [-0.39, 0.29) is 5.92 Å². The molecule has 0 amide bonds. The van der Waals surface area contributed by atoms with Crippen molar-refractivity contribution >= 4 is 41.3 Å². The smallest absolute Gasteiger partial charge is 0.237 e. The molecule has 3 aromatic rings. The summed E-state index contributed by atoms with van der Waals surface area (Å²) < 4.78 is 1.89. The van der Waals surface area contributed by atoms with E-state index >= 15 is 0 Å². The SMILES string of the molecule is CN=CC(=O)/C(O)=C/c1nccn1CCC(c1ccc(Cl)cc1)c1ccc(Cl)cc1. The van der Waals surface area contributed by atoms with Gasteiger partial charge in [-0.25, -0.2) is 4.98 Å². The van der Waals surface area contributed by atoms with Crippen molar-refractivity contribution in [3.05, 3.63) is 93.7 Å². The standard InChI is InChI=1S/C23H21Cl2N3O2/c1-26-15-22(30)21(29)14-23-27-11-13-28(23)12-10-20(16-2-6-18(24)7-3-16)17-4-8-19(25)9-5-17/h2-9,11,13-15,20,29H,10,12H2,1H3/b21-14-,26-15?. The van der Waals surface area contributed by atoms with Crippen LogP contribution in [0.5, 0.6) is 0 Å². The molecule has 0 atom stereocenters. The number of hydrogen-bond acceptors (Lipinski definition) is 4. The summed E-state index contributed by atoms with van der Waals surface area (Å²) in [4.78, 5) is 19.6. The molecule has 3 rings (SSSR count). The van der Waals surface area contributed by atoms with E-state index in [9.17, 15) is 9.90 Å². The van der Waals surface area contributed by atoms with E-state index < -0.39 is 11.5 Å². The van der Waals surface area contributed by atoms with Gasteiger partial charge in [0.25, 0.3) is 0 Å². The first-order valence-electron chi connectivity index (χ1n) is 9.37. The van der Waals surface area contributed by atoms with Gasteiger partial charge in [0, 0.05) is 48.0 Å². The minimum absolute atomic E-state index is 0.112. The molecule has 5 nitrogen and oxygen atoms in total. The fourth-order valence-corrected chi connectivity index (χ4v) is 3.46. The molecule has 0 fully saturated rings. The van der Waals surface area contributed by atoms with Gasteiger partial charge in [-0.15, -0.1) is 0 Å². The number of carbonyl (C=O) groups excluding carboxylic acids is 1. The van der Waals surface area contributed by atoms with Crippen molar-refractivity contribution in [1.29, 1.82) is 0 Å². The molecule has 0 spiro atoms. The van der Waals surface area contributed by atoms with Gasteiger partial charge in [0.2, 0.25) is 5.78 Å². The number of aromatic nitrogens is 2. The number of Topliss-reactive ketones (excluding diaryl/α,β-unsaturated/α-hetero) is 1. The third-order valence-electron chi connectivity index (χ3n) is 4.72. The second-order valence-electron chi connectivity index (χ2n) is 6.70. The Balaban J connectivity index is 1.84. The van der Waals surface area contributed by atoms with Crippen LogP contribution in [0.3, 0.4) is 0 Å². The van der Waals surface area contributed by atoms with Gasteiger partial charge in [-0.3, -0.25) is 9.79 Å². The first-order chi connectivity index (χ1) is 14.5. The molecule has 1 heterocycles. The van der Waals surface area contributed by atoms with Gasteiger partial charge in [-0.05, 0) is 41.8 Å². The van der Waals surface area contributed by atoms with Crippen molar-refractivity contribution < 1.29 is 9.90 Å². The van der Waals surface area contributed by atoms with Gasteiger partial charge in [0.1, 0.15) is 5.82 Å². The third-order valence-corrected chi connectivity index (χ3v) is 5.22. The number of benzene rings is 2. The number of aryl methyl sites for hydroxylation is 1. The van der Waals surface area contributed by atoms with Crippen LogP contribution < -0.4 is 0 Å². The van der Waals surface area contributed by atoms with Crippen molar-refractivity contribution in [3.63, 3.8) is 0 Å². The molecule has 1 aromatic heterocycles. The monoisotopic (exact) mass is 441 g/mol. The molecular formula is C23H21Cl2N3O2. The maximum Gasteiger partial charge on any atom is 0.237 e. The fourth-order valence-electron chi connectivity index (χ4n) is 3.21. The number of ketones is 1. The van der Waals surface area contributed by atoms with Crippen LogP contribution >= 0.6 is 23.2 Å². The normalized spacial score (nSPS) is 12.1. The topological polar surface area (TPSA) is 67.5 Å². The lowest BCUT2D eigenvalue weighted by atomic mass is 9.88. The number of aliphatic hydroxyl groups is 1. The second kappa shape index (κ2) is 10.2. The minimum Gasteiger partial charge on any atom is -0.504 e. The second-order valence-corrected chi connectivity index (χ2v) is 7.58. The highest BCUT2D eigenvalue weighted by Crippen LogP contribution is 2.30. The molecule has 1 N–H and O–H groups in total. The van der Waals surface area contributed by atoms with Crippen molar-refractivity contribution in [2.24, 2.45) is 4.99 Å². The Bertz CT molecular complexity index is 1010. The van der Waals surface area contributed by atoms with Crippen LogP contribution in [-0.2, 0) is 11.3 Å². The minimum atomic E-state index is -0.563. The number of allylic oxidation sites excluding steroid dienone is 1. The number of nitrogens with zero attached hydrogens (tertiary/aromatic N) is 3. The predicted octanol–water partition coefficient (Wildman–Crippen LogP) is 5.58. The zero-order valence-corrected chi connectivity index (χ0v) is 17.9. The summed E-state index contributed by atoms with van der Waals surface area (Å²) in [6.45, 7) is 0.630. The summed E-state index contributed by atoms with van der Waals surface area (Å²) in [7, 11) is 1.47. The third kappa shape index (κ3) is 5.59. The summed E-state index contributed by atoms with van der Waals surface area (Å²) >= 11 is 12.1. The van der Waals surface area contributed by atoms with Crippen molar-refractivity contribution in [2.45, 2.75) is 18.9 Å². The molecular weight excluding hydrogens is 421 g/mol. The number of rotatable bonds is 8. The van der Waals surface area contributed by atoms with Crippen LogP contribution in [0.1, 0.15) is 29.3 Å². The number of aliphatic hydroxyl groups excluding tert-OH is 1. The van der Waals surface area contributed by atoms with Crippen LogP contribution in [0, 0.1) is 0 Å². The quantitative estimate of drug-likeness (QED) is 0.281. The van der Waals surface area contributed by atoms with Crippen LogP contribution in [-0.4, -0.2) is 33.7 Å². The molecule has 154 valence electrons. The molecule has 0 saturated heterocycles. The summed E-state index contributed by atoms with van der Waals surface area (Å²) in [5.41, 5.74) is 2.27. The summed E-state index contributed by atoms with van der Waals surface area (Å²) in [6, 6.07) is 15.6. The van der Waals surface area contributed by atoms with E-state index in [0.717, 1.165) is 23.8 Å². The molecule has 0 unspecified atom stereocenters. The first kappa shape index (κ1) is 21.8. The molecule has 30 heavy (non-hydrogen) atoms. The zero-order chi connectivity index (χ0) is 21.5. The van der Waals surface area contributed by atoms with Crippen molar-refractivity contribution in [3.8, 4) is 0 Å². The van der Waals surface area contributed by atoms with Crippen molar-refractivity contribution in [2.75, 3.05) is 7.05 Å². The Morgan fingerprint density at radius 3 is 2.20 bits per heavy atom. The largest absolute Gasteiger partial charge is 0.504 e. The average Bonchev–Trinajstić information content (AvgIpc) is 3.17. The number of carbonyl (C=O) groups is 1. The molecule has 0 saturated carbocycles. The zero-order valence-electron chi connectivity index (χ0n) is 16.4. The number of halogens is 2. The van der Waals surface area contributed by atoms with E-state index in [1.807, 2.05) is 59.3 Å². The highest BCUT2D eigenvalue weighted by Gasteiger charge is 2.16. The Labute approximate surface area is 185 Å². The maximum atomic E-state index is 11.7. The molecule has 2 aromatic carbocycles. The van der Waals surface area contributed by atoms with Gasteiger partial charge in [-0.1, -0.05) is 47.5 Å². The van der Waals surface area contributed by atoms with Gasteiger partial charge >= 0.3 is 0 Å². The summed E-state index contributed by atoms with van der Waals surface area (Å²) in [5.74, 6) is -0.357. The predicted molar refractivity (Wildman–Crippen MR) is 122 cm³/mol. The van der Waals surface area contributed by atoms with Crippen LogP contribution in [0.2, 0.25) is 10.0 Å². The van der Waals surface area contributed by atoms with E-state index in [4.69, 9.17) is 23.2 Å². The molecule has 0 bridgehead atoms. The Morgan fingerprint density at radius 2 is 1.67 bits per heavy atom. The van der Waals surface area contributed by atoms with Crippen LogP contribution in [0.25, 0.3) is 6.08 Å². The van der Waals surface area contributed by atoms with Crippen LogP contribution in [0.4, 0.5) is 0 Å². The van der Waals surface area contributed by atoms with E-state index in [2.05, 4.69) is 9.98 Å². The van der Waals surface area contributed by atoms with Gasteiger partial charge in [0.15, 0.2) is 5.76 Å². The maximum absolute atomic E-state index is 11.7. The Morgan fingerprint density at radius 1 is 1.10 bits per heavy atom. The van der Waals surface area contributed by atoms with Crippen LogP contribution in [0.15, 0.2) is 71.7 Å². The van der Waals surface area contributed by atoms with Gasteiger partial charge in [-0.2, -0.15) is 0 Å². The number of aliphatic imine (C=N–C) groups is 1. The highest BCUT2D eigenvalue weighted by molar-refractivity contribution is 6.35. The number of hydrogen-bond donors (Lipinski definition) is 1. The summed E-state index contributed by atoms with van der Waals surface area (Å²) in [6.07, 6.45) is 6.64. The molecule has 0 radical (unpaired) electrons. The average molecular weight is 442 g/mol. The van der Waals surface area contributed by atoms with Crippen molar-refractivity contribution in [1.82, 2.24) is 9.55 Å². The molecule has 0 aliphatic carbocycles. The van der Waals surface area contributed by atoms with E-state index in [1.54, 1.807) is 6.20 Å². The Kier molecular flexibility index (Phi) is 7.44. The van der Waals surface area contributed by atoms with E-state index in [1.165, 1.54) is 13.1 Å². The lowest BCUT2D eigenvalue weighted by molar-refractivity contribution is -0.111. The van der Waals surface area contributed by atoms with E-state index in [0.29, 0.717) is 22.4 Å². The lowest BCUT2D eigenvalue weighted by Gasteiger charge is -2.19. The lowest BCUT2D eigenvalue weighted by Crippen LogP contribution is -2.09. The van der Waals surface area contributed by atoms with Gasteiger partial charge in [0.05, 0.1) is 6.21 Å². The molecule has 0 aliphatic heterocycles. The first-order valence-corrected chi connectivity index (χ1v) is 10.1. The molecule has 7 heteroatoms. The Hall–Kier alpha value is -2.89. The highest BCUT2D eigenvalue weighted by atomic mass is 35.5. The summed E-state index contributed by atoms with van der Waals surface area (Å²) in [5, 5.41) is 11.3. The van der Waals surface area contributed by atoms with Gasteiger partial charge < -0.3 is 9.67 Å².